The maximum absolute atomic E-state index is 12.7. The first kappa shape index (κ1) is 27.4. The van der Waals surface area contributed by atoms with Crippen molar-refractivity contribution in [2.24, 2.45) is 4.99 Å². The van der Waals surface area contributed by atoms with Crippen LogP contribution in [0.5, 0.6) is 0 Å². The largest absolute Gasteiger partial charge is 0.416 e. The number of halogens is 4. The molecule has 2 aromatic carbocycles. The summed E-state index contributed by atoms with van der Waals surface area (Å²) < 4.78 is 38.2. The molecule has 33 heavy (non-hydrogen) atoms. The van der Waals surface area contributed by atoms with E-state index >= 15 is 0 Å². The van der Waals surface area contributed by atoms with E-state index in [2.05, 4.69) is 57.7 Å². The van der Waals surface area contributed by atoms with E-state index in [0.717, 1.165) is 49.7 Å². The van der Waals surface area contributed by atoms with Gasteiger partial charge in [-0.25, -0.2) is 0 Å². The topological polar surface area (TPSA) is 42.9 Å². The Bertz CT molecular complexity index is 900. The van der Waals surface area contributed by atoms with E-state index in [1.54, 1.807) is 19.2 Å². The maximum atomic E-state index is 12.7. The van der Waals surface area contributed by atoms with Gasteiger partial charge in [0.05, 0.1) is 5.56 Å². The summed E-state index contributed by atoms with van der Waals surface area (Å²) in [4.78, 5) is 8.76. The van der Waals surface area contributed by atoms with Gasteiger partial charge in [0.25, 0.3) is 0 Å². The molecule has 1 heterocycles. The number of hydrogen-bond donors (Lipinski definition) is 2. The summed E-state index contributed by atoms with van der Waals surface area (Å²) in [7, 11) is 5.87. The number of nitrogens with one attached hydrogen (secondary N) is 2. The van der Waals surface area contributed by atoms with Crippen molar-refractivity contribution in [3.05, 3.63) is 70.8 Å². The van der Waals surface area contributed by atoms with Crippen LogP contribution in [0.3, 0.4) is 0 Å². The molecule has 0 radical (unpaired) electrons. The third kappa shape index (κ3) is 8.46. The van der Waals surface area contributed by atoms with E-state index < -0.39 is 11.7 Å². The third-order valence-corrected chi connectivity index (χ3v) is 5.58. The molecule has 0 spiro atoms. The normalized spacial score (nSPS) is 17.2. The quantitative estimate of drug-likeness (QED) is 0.293. The molecule has 9 heteroatoms. The number of rotatable bonds is 7. The van der Waals surface area contributed by atoms with E-state index in [1.165, 1.54) is 11.1 Å². The van der Waals surface area contributed by atoms with Crippen molar-refractivity contribution in [2.45, 2.75) is 38.3 Å². The molecule has 3 rings (SSSR count). The second-order valence-corrected chi connectivity index (χ2v) is 8.49. The minimum atomic E-state index is -4.29. The average molecular weight is 575 g/mol. The van der Waals surface area contributed by atoms with Crippen molar-refractivity contribution in [2.75, 3.05) is 34.2 Å². The Morgan fingerprint density at radius 1 is 1.09 bits per heavy atom. The first-order valence-corrected chi connectivity index (χ1v) is 10.8. The van der Waals surface area contributed by atoms with Gasteiger partial charge in [0.1, 0.15) is 0 Å². The lowest BCUT2D eigenvalue weighted by Crippen LogP contribution is -2.44. The zero-order valence-corrected chi connectivity index (χ0v) is 21.7. The van der Waals surface area contributed by atoms with Crippen LogP contribution in [0.15, 0.2) is 53.5 Å². The molecule has 0 aliphatic carbocycles. The van der Waals surface area contributed by atoms with Crippen molar-refractivity contribution in [1.29, 1.82) is 0 Å². The van der Waals surface area contributed by atoms with Crippen molar-refractivity contribution in [3.63, 3.8) is 0 Å². The highest BCUT2D eigenvalue weighted by molar-refractivity contribution is 14.0. The van der Waals surface area contributed by atoms with Crippen LogP contribution in [0, 0.1) is 0 Å². The Labute approximate surface area is 211 Å². The van der Waals surface area contributed by atoms with E-state index in [0.29, 0.717) is 13.1 Å². The minimum absolute atomic E-state index is 0. The molecule has 0 saturated carbocycles. The second kappa shape index (κ2) is 12.6. The lowest BCUT2D eigenvalue weighted by atomic mass is 10.1. The van der Waals surface area contributed by atoms with E-state index in [9.17, 15) is 13.2 Å². The molecule has 1 aliphatic rings. The number of aliphatic imine (C=N–C) groups is 1. The van der Waals surface area contributed by atoms with Crippen LogP contribution in [-0.4, -0.2) is 56.0 Å². The molecule has 1 unspecified atom stereocenters. The van der Waals surface area contributed by atoms with Crippen LogP contribution < -0.4 is 10.6 Å². The van der Waals surface area contributed by atoms with Gasteiger partial charge in [-0.3, -0.25) is 9.89 Å². The Kier molecular flexibility index (Phi) is 10.4. The molecule has 1 saturated heterocycles. The number of hydrogen-bond acceptors (Lipinski definition) is 3. The van der Waals surface area contributed by atoms with Gasteiger partial charge in [-0.1, -0.05) is 36.4 Å². The summed E-state index contributed by atoms with van der Waals surface area (Å²) in [6, 6.07) is 14.0. The molecule has 1 aliphatic heterocycles. The molecule has 2 N–H and O–H groups in total. The van der Waals surface area contributed by atoms with Crippen LogP contribution in [0.2, 0.25) is 0 Å². The molecule has 2 aromatic rings. The smallest absolute Gasteiger partial charge is 0.352 e. The van der Waals surface area contributed by atoms with Crippen molar-refractivity contribution >= 4 is 29.9 Å². The molecule has 182 valence electrons. The SMILES string of the molecule is CN=C(NCc1ccccc1CN(C)C)NC1CCN(Cc2ccc(C(F)(F)F)cc2)C1.I. The van der Waals surface area contributed by atoms with E-state index in [1.807, 2.05) is 6.07 Å². The predicted octanol–water partition coefficient (Wildman–Crippen LogP) is 4.32. The Balaban J connectivity index is 0.00000385. The fourth-order valence-corrected chi connectivity index (χ4v) is 3.94. The van der Waals surface area contributed by atoms with Crippen molar-refractivity contribution in [1.82, 2.24) is 20.4 Å². The van der Waals surface area contributed by atoms with Gasteiger partial charge in [-0.15, -0.1) is 24.0 Å². The lowest BCUT2D eigenvalue weighted by Gasteiger charge is -2.20. The van der Waals surface area contributed by atoms with E-state index in [4.69, 9.17) is 0 Å². The minimum Gasteiger partial charge on any atom is -0.352 e. The number of nitrogens with zero attached hydrogens (tertiary/aromatic N) is 3. The summed E-state index contributed by atoms with van der Waals surface area (Å²) in [5.74, 6) is 0.756. The van der Waals surface area contributed by atoms with E-state index in [-0.39, 0.29) is 30.0 Å². The number of likely N-dealkylation sites (tertiary alicyclic amines) is 1. The molecule has 5 nitrogen and oxygen atoms in total. The summed E-state index contributed by atoms with van der Waals surface area (Å²) >= 11 is 0. The fraction of sp³-hybridized carbons (Fsp3) is 0.458. The first-order valence-electron chi connectivity index (χ1n) is 10.8. The first-order chi connectivity index (χ1) is 15.2. The van der Waals surface area contributed by atoms with Gasteiger partial charge in [-0.05, 0) is 49.3 Å². The van der Waals surface area contributed by atoms with Crippen molar-refractivity contribution < 1.29 is 13.2 Å². The monoisotopic (exact) mass is 575 g/mol. The standard InChI is InChI=1S/C24H32F3N5.HI/c1-28-23(29-14-19-6-4-5-7-20(19)16-31(2)3)30-22-12-13-32(17-22)15-18-8-10-21(11-9-18)24(25,26)27;/h4-11,22H,12-17H2,1-3H3,(H2,28,29,30);1H. The number of guanidine groups is 1. The third-order valence-electron chi connectivity index (χ3n) is 5.58. The fourth-order valence-electron chi connectivity index (χ4n) is 3.94. The summed E-state index contributed by atoms with van der Waals surface area (Å²) in [5, 5.41) is 6.89. The average Bonchev–Trinajstić information content (AvgIpc) is 3.18. The van der Waals surface area contributed by atoms with Crippen LogP contribution in [0.1, 0.15) is 28.7 Å². The van der Waals surface area contributed by atoms with Crippen LogP contribution >= 0.6 is 24.0 Å². The second-order valence-electron chi connectivity index (χ2n) is 8.49. The zero-order valence-electron chi connectivity index (χ0n) is 19.3. The van der Waals surface area contributed by atoms with Gasteiger partial charge in [0, 0.05) is 45.8 Å². The number of benzene rings is 2. The molecular weight excluding hydrogens is 542 g/mol. The summed E-state index contributed by atoms with van der Waals surface area (Å²) in [6.07, 6.45) is -3.34. The predicted molar refractivity (Wildman–Crippen MR) is 138 cm³/mol. The summed E-state index contributed by atoms with van der Waals surface area (Å²) in [5.41, 5.74) is 2.80. The molecule has 1 atom stereocenters. The van der Waals surface area contributed by atoms with Crippen molar-refractivity contribution in [3.8, 4) is 0 Å². The lowest BCUT2D eigenvalue weighted by molar-refractivity contribution is -0.137. The zero-order chi connectivity index (χ0) is 23.1. The molecular formula is C24H33F3IN5. The molecule has 0 aromatic heterocycles. The molecule has 0 bridgehead atoms. The van der Waals surface area contributed by atoms with Crippen LogP contribution in [-0.2, 0) is 25.8 Å². The Morgan fingerprint density at radius 2 is 1.76 bits per heavy atom. The van der Waals surface area contributed by atoms with Gasteiger partial charge in [0.15, 0.2) is 5.96 Å². The van der Waals surface area contributed by atoms with Gasteiger partial charge < -0.3 is 15.5 Å². The Hall–Kier alpha value is -1.85. The van der Waals surface area contributed by atoms with Gasteiger partial charge in [0.2, 0.25) is 0 Å². The highest BCUT2D eigenvalue weighted by Gasteiger charge is 2.30. The Morgan fingerprint density at radius 3 is 2.36 bits per heavy atom. The number of alkyl halides is 3. The van der Waals surface area contributed by atoms with Crippen LogP contribution in [0.4, 0.5) is 13.2 Å². The highest BCUT2D eigenvalue weighted by Crippen LogP contribution is 2.29. The highest BCUT2D eigenvalue weighted by atomic mass is 127. The van der Waals surface area contributed by atoms with Crippen LogP contribution in [0.25, 0.3) is 0 Å². The maximum Gasteiger partial charge on any atom is 0.416 e. The van der Waals surface area contributed by atoms with Gasteiger partial charge in [-0.2, -0.15) is 13.2 Å². The summed E-state index contributed by atoms with van der Waals surface area (Å²) in [6.45, 7) is 3.91. The molecule has 0 amide bonds. The van der Waals surface area contributed by atoms with Gasteiger partial charge >= 0.3 is 6.18 Å². The molecule has 1 fully saturated rings.